The van der Waals surface area contributed by atoms with Gasteiger partial charge in [-0.05, 0) is 26.2 Å². The molecule has 7 atom stereocenters. The number of ether oxygens (including phenoxy) is 2. The molecule has 0 radical (unpaired) electrons. The molecule has 0 aromatic carbocycles. The first kappa shape index (κ1) is 46.0. The largest absolute Gasteiger partial charge is 0.472 e. The first-order valence-electron chi connectivity index (χ1n) is 18.7. The molecular formula is C34H62ClN2O12PS. The highest BCUT2D eigenvalue weighted by Gasteiger charge is 2.45. The Morgan fingerprint density at radius 1 is 0.882 bits per heavy atom. The molecule has 17 heteroatoms. The highest BCUT2D eigenvalue weighted by atomic mass is 35.5. The molecule has 1 aliphatic heterocycles. The van der Waals surface area contributed by atoms with E-state index in [4.69, 9.17) is 30.1 Å². The minimum absolute atomic E-state index is 0.0933. The van der Waals surface area contributed by atoms with Crippen LogP contribution in [0.25, 0.3) is 0 Å². The van der Waals surface area contributed by atoms with E-state index in [9.17, 15) is 37.7 Å². The summed E-state index contributed by atoms with van der Waals surface area (Å²) < 4.78 is 61.5. The van der Waals surface area contributed by atoms with E-state index < -0.39 is 71.4 Å². The number of aliphatic hydroxyl groups excluding tert-OH is 2. The van der Waals surface area contributed by atoms with Crippen LogP contribution in [-0.4, -0.2) is 88.3 Å². The number of halogens is 1. The number of hydrogen-bond acceptors (Lipinski definition) is 11. The monoisotopic (exact) mass is 788 g/mol. The van der Waals surface area contributed by atoms with E-state index in [0.29, 0.717) is 12.8 Å². The zero-order chi connectivity index (χ0) is 37.9. The number of hydrogen-bond donors (Lipinski definition) is 4. The van der Waals surface area contributed by atoms with Crippen LogP contribution in [0.2, 0.25) is 5.02 Å². The maximum absolute atomic E-state index is 13.4. The second-order valence-corrected chi connectivity index (χ2v) is 17.7. The third-order valence-electron chi connectivity index (χ3n) is 9.22. The number of aliphatic hydroxyl groups is 2. The molecule has 1 aromatic heterocycles. The number of nitrogens with zero attached hydrogens (tertiary/aromatic N) is 1. The average molecular weight is 789 g/mol. The van der Waals surface area contributed by atoms with Crippen LogP contribution in [0, 0.1) is 0 Å². The van der Waals surface area contributed by atoms with Crippen molar-refractivity contribution in [3.63, 3.8) is 0 Å². The Kier molecular flexibility index (Phi) is 21.9. The standard InChI is InChI=1S/C34H62ClN2O12PS/c1-4-6-8-10-11-12-13-14-16-18-23-51(44,45)29(20-17-15-9-7-5-2)26(3)46-21-19-22-47-50(42,43)48-25-28-30(38)31(39)33(49-28)37-24-27(35)32(40)36-34(37)41/h24,26,28-31,33,38-39H,4-23,25H2,1-3H3,(H,42,43)(H,36,40,41)/t26?,28-,29?,30-,31-,33-/m1/s1. The lowest BCUT2D eigenvalue weighted by molar-refractivity contribution is -0.0553. The van der Waals surface area contributed by atoms with Gasteiger partial charge in [0, 0.05) is 12.8 Å². The molecule has 3 unspecified atom stereocenters. The molecule has 0 spiro atoms. The number of sulfone groups is 1. The third kappa shape index (κ3) is 16.8. The Morgan fingerprint density at radius 3 is 2.06 bits per heavy atom. The fourth-order valence-electron chi connectivity index (χ4n) is 6.16. The number of phosphoric acid groups is 1. The molecule has 0 saturated carbocycles. The maximum Gasteiger partial charge on any atom is 0.472 e. The normalized spacial score (nSPS) is 21.9. The Labute approximate surface area is 308 Å². The number of H-pyrrole nitrogens is 1. The van der Waals surface area contributed by atoms with Crippen molar-refractivity contribution in [3.05, 3.63) is 32.1 Å². The summed E-state index contributed by atoms with van der Waals surface area (Å²) in [5.41, 5.74) is -1.79. The average Bonchev–Trinajstić information content (AvgIpc) is 3.36. The van der Waals surface area contributed by atoms with E-state index in [-0.39, 0.29) is 30.4 Å². The van der Waals surface area contributed by atoms with Crippen molar-refractivity contribution in [2.75, 3.05) is 25.6 Å². The van der Waals surface area contributed by atoms with Gasteiger partial charge < -0.3 is 24.6 Å². The Balaban J connectivity index is 1.79. The summed E-state index contributed by atoms with van der Waals surface area (Å²) in [5, 5.41) is 19.8. The third-order valence-corrected chi connectivity index (χ3v) is 12.9. The number of aromatic nitrogens is 2. The van der Waals surface area contributed by atoms with Gasteiger partial charge in [-0.3, -0.25) is 23.4 Å². The van der Waals surface area contributed by atoms with Gasteiger partial charge in [-0.25, -0.2) is 17.8 Å². The maximum atomic E-state index is 13.4. The SMILES string of the molecule is CCCCCCCCCCCCS(=O)(=O)C(CCCCCCC)C(C)OCCCOP(=O)(O)OC[C@H]1O[C@@H](n2cc(Cl)c(=O)[nH]c2=O)[C@H](O)[C@@H]1O. The van der Waals surface area contributed by atoms with Crippen molar-refractivity contribution in [1.82, 2.24) is 9.55 Å². The summed E-state index contributed by atoms with van der Waals surface area (Å²) in [6, 6.07) is 0. The van der Waals surface area contributed by atoms with Crippen molar-refractivity contribution in [3.8, 4) is 0 Å². The van der Waals surface area contributed by atoms with Crippen molar-refractivity contribution in [2.45, 2.75) is 166 Å². The Hall–Kier alpha value is -1.13. The second kappa shape index (κ2) is 24.3. The van der Waals surface area contributed by atoms with E-state index in [1.54, 1.807) is 6.92 Å². The molecule has 1 fully saturated rings. The molecule has 1 aromatic rings. The molecular weight excluding hydrogens is 727 g/mol. The smallest absolute Gasteiger partial charge is 0.387 e. The number of nitrogens with one attached hydrogen (secondary N) is 1. The van der Waals surface area contributed by atoms with Gasteiger partial charge in [0.2, 0.25) is 0 Å². The number of aromatic amines is 1. The summed E-state index contributed by atoms with van der Waals surface area (Å²) in [6.07, 6.45) is 11.3. The minimum atomic E-state index is -4.63. The Bertz CT molecular complexity index is 1390. The van der Waals surface area contributed by atoms with Crippen LogP contribution in [0.4, 0.5) is 0 Å². The lowest BCUT2D eigenvalue weighted by atomic mass is 10.1. The molecule has 4 N–H and O–H groups in total. The van der Waals surface area contributed by atoms with Crippen LogP contribution in [0.5, 0.6) is 0 Å². The first-order valence-corrected chi connectivity index (χ1v) is 22.3. The highest BCUT2D eigenvalue weighted by Crippen LogP contribution is 2.44. The lowest BCUT2D eigenvalue weighted by Gasteiger charge is -2.25. The van der Waals surface area contributed by atoms with Crippen LogP contribution in [0.15, 0.2) is 15.8 Å². The number of phosphoric ester groups is 1. The van der Waals surface area contributed by atoms with Crippen molar-refractivity contribution >= 4 is 29.3 Å². The van der Waals surface area contributed by atoms with Gasteiger partial charge in [0.05, 0.1) is 30.3 Å². The summed E-state index contributed by atoms with van der Waals surface area (Å²) in [6.45, 7) is 5.29. The predicted octanol–water partition coefficient (Wildman–Crippen LogP) is 5.80. The summed E-state index contributed by atoms with van der Waals surface area (Å²) in [4.78, 5) is 35.8. The summed E-state index contributed by atoms with van der Waals surface area (Å²) >= 11 is 5.76. The minimum Gasteiger partial charge on any atom is -0.387 e. The van der Waals surface area contributed by atoms with Gasteiger partial charge in [0.15, 0.2) is 16.1 Å². The topological polar surface area (TPSA) is 204 Å². The molecule has 51 heavy (non-hydrogen) atoms. The zero-order valence-corrected chi connectivity index (χ0v) is 33.1. The Morgan fingerprint density at radius 2 is 1.45 bits per heavy atom. The van der Waals surface area contributed by atoms with E-state index in [0.717, 1.165) is 62.1 Å². The molecule has 0 aliphatic carbocycles. The van der Waals surface area contributed by atoms with Gasteiger partial charge >= 0.3 is 13.5 Å². The quantitative estimate of drug-likeness (QED) is 0.0562. The van der Waals surface area contributed by atoms with Gasteiger partial charge in [0.1, 0.15) is 23.3 Å². The van der Waals surface area contributed by atoms with Crippen molar-refractivity contribution in [2.24, 2.45) is 0 Å². The number of rotatable bonds is 29. The first-order chi connectivity index (χ1) is 24.2. The molecule has 2 heterocycles. The zero-order valence-electron chi connectivity index (χ0n) is 30.6. The van der Waals surface area contributed by atoms with Crippen LogP contribution in [0.3, 0.4) is 0 Å². The second-order valence-electron chi connectivity index (χ2n) is 13.5. The van der Waals surface area contributed by atoms with Gasteiger partial charge in [0.25, 0.3) is 5.56 Å². The van der Waals surface area contributed by atoms with E-state index in [1.807, 2.05) is 4.98 Å². The number of unbranched alkanes of at least 4 members (excludes halogenated alkanes) is 13. The van der Waals surface area contributed by atoms with Crippen LogP contribution in [-0.2, 0) is 32.9 Å². The fraction of sp³-hybridized carbons (Fsp3) is 0.882. The molecule has 2 rings (SSSR count). The van der Waals surface area contributed by atoms with Crippen LogP contribution in [0.1, 0.15) is 136 Å². The van der Waals surface area contributed by atoms with Gasteiger partial charge in [-0.2, -0.15) is 0 Å². The van der Waals surface area contributed by atoms with Crippen LogP contribution < -0.4 is 11.2 Å². The predicted molar refractivity (Wildman–Crippen MR) is 197 cm³/mol. The lowest BCUT2D eigenvalue weighted by Crippen LogP contribution is -2.38. The highest BCUT2D eigenvalue weighted by molar-refractivity contribution is 7.92. The van der Waals surface area contributed by atoms with E-state index in [1.165, 1.54) is 38.5 Å². The van der Waals surface area contributed by atoms with Crippen molar-refractivity contribution in [1.29, 1.82) is 0 Å². The van der Waals surface area contributed by atoms with Gasteiger partial charge in [-0.1, -0.05) is 115 Å². The molecule has 298 valence electrons. The molecule has 1 saturated heterocycles. The van der Waals surface area contributed by atoms with Gasteiger partial charge in [-0.15, -0.1) is 0 Å². The van der Waals surface area contributed by atoms with E-state index in [2.05, 4.69) is 13.8 Å². The summed E-state index contributed by atoms with van der Waals surface area (Å²) in [7, 11) is -8.02. The fourth-order valence-corrected chi connectivity index (χ4v) is 9.18. The van der Waals surface area contributed by atoms with E-state index >= 15 is 0 Å². The van der Waals surface area contributed by atoms with Crippen molar-refractivity contribution < 1.29 is 46.6 Å². The molecule has 0 amide bonds. The van der Waals surface area contributed by atoms with Crippen LogP contribution >= 0.6 is 19.4 Å². The molecule has 1 aliphatic rings. The molecule has 0 bridgehead atoms. The summed E-state index contributed by atoms with van der Waals surface area (Å²) in [5.74, 6) is 0.136. The molecule has 14 nitrogen and oxygen atoms in total.